The van der Waals surface area contributed by atoms with E-state index in [1.807, 2.05) is 81.4 Å². The number of carbonyl (C=O) groups is 3. The number of fused-ring (bicyclic) bond motifs is 2. The van der Waals surface area contributed by atoms with Crippen molar-refractivity contribution in [3.8, 4) is 17.6 Å². The number of ether oxygens (including phenoxy) is 4. The maximum absolute atomic E-state index is 13.5. The van der Waals surface area contributed by atoms with Crippen molar-refractivity contribution in [2.45, 2.75) is 84.0 Å². The number of para-hydroxylation sites is 1. The van der Waals surface area contributed by atoms with Gasteiger partial charge in [-0.05, 0) is 119 Å². The van der Waals surface area contributed by atoms with Gasteiger partial charge in [-0.3, -0.25) is 14.9 Å². The van der Waals surface area contributed by atoms with E-state index in [4.69, 9.17) is 23.9 Å². The van der Waals surface area contributed by atoms with E-state index in [1.54, 1.807) is 0 Å². The molecule has 0 unspecified atom stereocenters. The van der Waals surface area contributed by atoms with E-state index < -0.39 is 11.6 Å². The Morgan fingerprint density at radius 2 is 1.74 bits per heavy atom. The van der Waals surface area contributed by atoms with Gasteiger partial charge >= 0.3 is 11.9 Å². The summed E-state index contributed by atoms with van der Waals surface area (Å²) in [5.41, 5.74) is 4.23. The Morgan fingerprint density at radius 1 is 0.948 bits per heavy atom. The zero-order valence-corrected chi connectivity index (χ0v) is 34.9. The minimum atomic E-state index is -0.473. The lowest BCUT2D eigenvalue weighted by molar-refractivity contribution is -0.162. The maximum Gasteiger partial charge on any atom is 0.357 e. The summed E-state index contributed by atoms with van der Waals surface area (Å²) in [5, 5.41) is 4.28. The summed E-state index contributed by atoms with van der Waals surface area (Å²) < 4.78 is 23.7. The Morgan fingerprint density at radius 3 is 2.50 bits per heavy atom. The predicted molar refractivity (Wildman–Crippen MR) is 227 cm³/mol. The van der Waals surface area contributed by atoms with E-state index in [2.05, 4.69) is 33.1 Å². The van der Waals surface area contributed by atoms with E-state index in [-0.39, 0.29) is 23.9 Å². The van der Waals surface area contributed by atoms with Gasteiger partial charge < -0.3 is 23.8 Å². The number of methoxy groups -OCH3 is 1. The second kappa shape index (κ2) is 18.5. The molecule has 0 radical (unpaired) electrons. The van der Waals surface area contributed by atoms with Crippen molar-refractivity contribution in [1.29, 1.82) is 0 Å². The van der Waals surface area contributed by atoms with Crippen LogP contribution in [0.25, 0.3) is 10.2 Å². The molecule has 1 aliphatic carbocycles. The fraction of sp³-hybridized carbons (Fsp3) is 0.400. The third-order valence-corrected chi connectivity index (χ3v) is 12.2. The van der Waals surface area contributed by atoms with Crippen LogP contribution in [0.1, 0.15) is 95.3 Å². The van der Waals surface area contributed by atoms with Gasteiger partial charge in [-0.15, -0.1) is 11.3 Å². The minimum Gasteiger partial charge on any atom is -0.494 e. The summed E-state index contributed by atoms with van der Waals surface area (Å²) >= 11 is 2.93. The molecule has 3 aromatic carbocycles. The Labute approximate surface area is 347 Å². The molecule has 11 nitrogen and oxygen atoms in total. The van der Waals surface area contributed by atoms with Gasteiger partial charge in [-0.2, -0.15) is 0 Å². The fourth-order valence-electron chi connectivity index (χ4n) is 7.15. The number of hydrogen-bond donors (Lipinski definition) is 1. The standard InChI is InChI=1S/C45H48N4O7S2/c1-45(2,3)56-41(51)31-18-22-33(23-19-31)54-26-8-10-29-16-20-32(21-17-29)55-27-9-15-38-39(42(52)53-4)47-44(58-38)49-25-24-30-11-7-12-34(35(30)28-49)40(50)48-43-46-36-13-5-6-14-37(36)57-43/h5-7,11-14,16-17,20-21,31,33H,9,15,18-19,22-28H2,1-4H3,(H,46,48,50). The van der Waals surface area contributed by atoms with Gasteiger partial charge in [0.1, 0.15) is 18.0 Å². The topological polar surface area (TPSA) is 129 Å². The molecule has 2 aliphatic rings. The summed E-state index contributed by atoms with van der Waals surface area (Å²) in [6.45, 7) is 7.67. The van der Waals surface area contributed by atoms with Crippen LogP contribution in [0.3, 0.4) is 0 Å². The Balaban J connectivity index is 0.889. The van der Waals surface area contributed by atoms with Gasteiger partial charge in [-0.1, -0.05) is 47.4 Å². The van der Waals surface area contributed by atoms with E-state index in [1.165, 1.54) is 29.8 Å². The number of esters is 2. The first-order valence-corrected chi connectivity index (χ1v) is 21.3. The fourth-order valence-corrected chi connectivity index (χ4v) is 9.13. The monoisotopic (exact) mass is 820 g/mol. The number of benzene rings is 3. The highest BCUT2D eigenvalue weighted by Gasteiger charge is 2.30. The molecule has 2 aromatic heterocycles. The van der Waals surface area contributed by atoms with Crippen molar-refractivity contribution in [2.24, 2.45) is 5.92 Å². The first-order valence-electron chi connectivity index (χ1n) is 19.7. The molecule has 7 rings (SSSR count). The highest BCUT2D eigenvalue weighted by Crippen LogP contribution is 2.34. The normalized spacial score (nSPS) is 16.5. The lowest BCUT2D eigenvalue weighted by atomic mass is 9.87. The minimum absolute atomic E-state index is 0.0530. The number of aryl methyl sites for hydroxylation is 1. The molecule has 0 saturated heterocycles. The zero-order chi connectivity index (χ0) is 40.6. The van der Waals surface area contributed by atoms with Crippen LogP contribution >= 0.6 is 22.7 Å². The number of anilines is 2. The molecule has 0 atom stereocenters. The molecule has 302 valence electrons. The van der Waals surface area contributed by atoms with Crippen LogP contribution in [0.4, 0.5) is 10.3 Å². The summed E-state index contributed by atoms with van der Waals surface area (Å²) in [7, 11) is 1.36. The molecule has 13 heteroatoms. The second-order valence-corrected chi connectivity index (χ2v) is 17.5. The molecular weight excluding hydrogens is 773 g/mol. The summed E-state index contributed by atoms with van der Waals surface area (Å²) in [6, 6.07) is 21.3. The molecule has 58 heavy (non-hydrogen) atoms. The van der Waals surface area contributed by atoms with Crippen LogP contribution in [0.2, 0.25) is 0 Å². The average Bonchev–Trinajstić information content (AvgIpc) is 3.84. The Kier molecular flexibility index (Phi) is 13.1. The first-order chi connectivity index (χ1) is 28.0. The number of nitrogens with one attached hydrogen (secondary N) is 1. The molecular formula is C45H48N4O7S2. The number of rotatable bonds is 12. The summed E-state index contributed by atoms with van der Waals surface area (Å²) in [6.07, 6.45) is 5.32. The second-order valence-electron chi connectivity index (χ2n) is 15.4. The largest absolute Gasteiger partial charge is 0.494 e. The van der Waals surface area contributed by atoms with Crippen LogP contribution < -0.4 is 15.0 Å². The van der Waals surface area contributed by atoms with Gasteiger partial charge in [0.05, 0.1) is 36.0 Å². The molecule has 1 fully saturated rings. The third kappa shape index (κ3) is 10.4. The molecule has 1 aliphatic heterocycles. The molecule has 1 saturated carbocycles. The van der Waals surface area contributed by atoms with Crippen LogP contribution in [0.15, 0.2) is 66.7 Å². The molecule has 0 bridgehead atoms. The van der Waals surface area contributed by atoms with Gasteiger partial charge in [0.2, 0.25) is 0 Å². The van der Waals surface area contributed by atoms with Crippen molar-refractivity contribution in [3.63, 3.8) is 0 Å². The third-order valence-electron chi connectivity index (χ3n) is 10.1. The smallest absolute Gasteiger partial charge is 0.357 e. The number of nitrogens with zero attached hydrogens (tertiary/aromatic N) is 3. The number of aromatic nitrogens is 2. The average molecular weight is 821 g/mol. The van der Waals surface area contributed by atoms with Gasteiger partial charge in [0.25, 0.3) is 5.91 Å². The quantitative estimate of drug-likeness (QED) is 0.0742. The van der Waals surface area contributed by atoms with E-state index in [0.717, 1.165) is 74.8 Å². The van der Waals surface area contributed by atoms with E-state index >= 15 is 0 Å². The SMILES string of the molecule is COC(=O)c1nc(N2CCc3cccc(C(=O)Nc4nc5ccccc5s4)c3C2)sc1CCCOc1ccc(C#CCOC2CCC(C(=O)OC(C)(C)C)CC2)cc1. The summed E-state index contributed by atoms with van der Waals surface area (Å²) in [4.78, 5) is 51.0. The maximum atomic E-state index is 13.5. The number of thiazole rings is 2. The molecule has 0 spiro atoms. The van der Waals surface area contributed by atoms with E-state index in [9.17, 15) is 14.4 Å². The van der Waals surface area contributed by atoms with Gasteiger partial charge in [0.15, 0.2) is 16.0 Å². The number of amides is 1. The molecule has 5 aromatic rings. The van der Waals surface area contributed by atoms with E-state index in [0.29, 0.717) is 55.5 Å². The van der Waals surface area contributed by atoms with Gasteiger partial charge in [0, 0.05) is 29.1 Å². The lowest BCUT2D eigenvalue weighted by Gasteiger charge is -2.29. The van der Waals surface area contributed by atoms with Crippen molar-refractivity contribution >= 4 is 61.0 Å². The van der Waals surface area contributed by atoms with Crippen LogP contribution in [-0.4, -0.2) is 66.4 Å². The first kappa shape index (κ1) is 40.9. The van der Waals surface area contributed by atoms with Crippen molar-refractivity contribution in [1.82, 2.24) is 9.97 Å². The number of hydrogen-bond acceptors (Lipinski definition) is 12. The zero-order valence-electron chi connectivity index (χ0n) is 33.3. The van der Waals surface area contributed by atoms with Crippen LogP contribution in [-0.2, 0) is 38.4 Å². The van der Waals surface area contributed by atoms with Crippen molar-refractivity contribution < 1.29 is 33.3 Å². The van der Waals surface area contributed by atoms with Crippen LogP contribution in [0.5, 0.6) is 5.75 Å². The van der Waals surface area contributed by atoms with Crippen molar-refractivity contribution in [3.05, 3.63) is 99.6 Å². The molecule has 1 N–H and O–H groups in total. The predicted octanol–water partition coefficient (Wildman–Crippen LogP) is 8.63. The highest BCUT2D eigenvalue weighted by molar-refractivity contribution is 7.22. The highest BCUT2D eigenvalue weighted by atomic mass is 32.1. The Bertz CT molecular complexity index is 2280. The lowest BCUT2D eigenvalue weighted by Crippen LogP contribution is -2.32. The number of carbonyl (C=O) groups excluding carboxylic acids is 3. The van der Waals surface area contributed by atoms with Gasteiger partial charge in [-0.25, -0.2) is 14.8 Å². The van der Waals surface area contributed by atoms with Crippen LogP contribution in [0, 0.1) is 17.8 Å². The summed E-state index contributed by atoms with van der Waals surface area (Å²) in [5.74, 6) is 6.15. The van der Waals surface area contributed by atoms with Crippen molar-refractivity contribution in [2.75, 3.05) is 37.1 Å². The molecule has 1 amide bonds. The Hall–Kier alpha value is -5.29. The molecule has 3 heterocycles.